The van der Waals surface area contributed by atoms with Gasteiger partial charge in [-0.15, -0.1) is 0 Å². The van der Waals surface area contributed by atoms with E-state index in [1.54, 1.807) is 52.8 Å². The fourth-order valence-electron chi connectivity index (χ4n) is 5.29. The van der Waals surface area contributed by atoms with Gasteiger partial charge in [0.15, 0.2) is 6.10 Å². The van der Waals surface area contributed by atoms with Gasteiger partial charge in [0.2, 0.25) is 0 Å². The Hall–Kier alpha value is -2.66. The summed E-state index contributed by atoms with van der Waals surface area (Å²) in [4.78, 5) is 51.8. The lowest BCUT2D eigenvalue weighted by atomic mass is 9.79. The highest BCUT2D eigenvalue weighted by atomic mass is 16.7. The van der Waals surface area contributed by atoms with Crippen molar-refractivity contribution in [3.63, 3.8) is 0 Å². The Labute approximate surface area is 204 Å². The molecule has 8 atom stereocenters. The molecule has 3 heterocycles. The van der Waals surface area contributed by atoms with Crippen molar-refractivity contribution in [3.05, 3.63) is 11.6 Å². The molecule has 0 aromatic heterocycles. The van der Waals surface area contributed by atoms with E-state index in [1.807, 2.05) is 6.92 Å². The van der Waals surface area contributed by atoms with Crippen molar-refractivity contribution >= 4 is 24.0 Å². The van der Waals surface area contributed by atoms with E-state index < -0.39 is 72.2 Å². The van der Waals surface area contributed by atoms with Crippen LogP contribution in [-0.4, -0.2) is 91.2 Å². The van der Waals surface area contributed by atoms with E-state index >= 15 is 0 Å². The zero-order chi connectivity index (χ0) is 25.9. The van der Waals surface area contributed by atoms with Crippen LogP contribution in [0.2, 0.25) is 0 Å². The van der Waals surface area contributed by atoms with Crippen molar-refractivity contribution in [2.24, 2.45) is 11.8 Å². The van der Waals surface area contributed by atoms with Crippen LogP contribution in [0.15, 0.2) is 11.6 Å². The maximum Gasteiger partial charge on any atom is 0.408 e. The third kappa shape index (κ3) is 5.02. The van der Waals surface area contributed by atoms with Crippen LogP contribution in [0.25, 0.3) is 0 Å². The van der Waals surface area contributed by atoms with E-state index in [9.17, 15) is 19.2 Å². The largest absolute Gasteiger partial charge is 0.462 e. The Kier molecular flexibility index (Phi) is 6.38. The van der Waals surface area contributed by atoms with Crippen molar-refractivity contribution < 1.29 is 42.9 Å². The molecule has 11 nitrogen and oxygen atoms in total. The summed E-state index contributed by atoms with van der Waals surface area (Å²) in [6, 6.07) is -0.658. The van der Waals surface area contributed by atoms with E-state index in [1.165, 1.54) is 0 Å². The molecule has 0 spiro atoms. The number of hydrogen-bond acceptors (Lipinski definition) is 10. The molecule has 2 bridgehead atoms. The number of alkyl carbamates (subject to hydrolysis) is 1. The van der Waals surface area contributed by atoms with Crippen LogP contribution in [0, 0.1) is 11.8 Å². The van der Waals surface area contributed by atoms with Crippen LogP contribution >= 0.6 is 0 Å². The molecule has 3 aliphatic heterocycles. The van der Waals surface area contributed by atoms with Gasteiger partial charge in [-0.05, 0) is 47.9 Å². The minimum absolute atomic E-state index is 0.328. The van der Waals surface area contributed by atoms with Gasteiger partial charge in [-0.25, -0.2) is 9.59 Å². The Balaban J connectivity index is 1.59. The van der Waals surface area contributed by atoms with E-state index in [-0.39, 0.29) is 11.9 Å². The molecule has 1 N–H and O–H groups in total. The maximum absolute atomic E-state index is 13.0. The number of epoxide rings is 1. The van der Waals surface area contributed by atoms with Crippen molar-refractivity contribution in [1.29, 1.82) is 0 Å². The van der Waals surface area contributed by atoms with Gasteiger partial charge in [0.1, 0.15) is 30.5 Å². The minimum Gasteiger partial charge on any atom is -0.462 e. The summed E-state index contributed by atoms with van der Waals surface area (Å²) in [5.41, 5.74) is -1.11. The van der Waals surface area contributed by atoms with E-state index in [0.29, 0.717) is 12.0 Å². The number of esters is 3. The number of fused-ring (bicyclic) bond motifs is 4. The molecule has 0 aromatic rings. The summed E-state index contributed by atoms with van der Waals surface area (Å²) >= 11 is 0. The molecule has 0 radical (unpaired) electrons. The predicted octanol–water partition coefficient (Wildman–Crippen LogP) is 0.944. The standard InChI is InChI=1S/C24H34N2O9/c1-11-16-13-8-12(21(29)31-13)17(26(6)7)18(19-24(5,34-19)9-14(16)32-20(11)28)33-15(27)10-25-22(30)35-23(2,3)4/h8,11,13-14,16-19H,9-10H2,1-7H3,(H,25,30)/t11?,13-,14+,16+,17+,18+,19+,24+/m1/s1. The minimum atomic E-state index is -0.869. The molecule has 0 saturated carbocycles. The zero-order valence-electron chi connectivity index (χ0n) is 21.2. The van der Waals surface area contributed by atoms with Gasteiger partial charge < -0.3 is 29.0 Å². The fourth-order valence-corrected chi connectivity index (χ4v) is 5.29. The summed E-state index contributed by atoms with van der Waals surface area (Å²) in [7, 11) is 3.54. The Morgan fingerprint density at radius 3 is 2.54 bits per heavy atom. The number of hydrogen-bond donors (Lipinski definition) is 1. The topological polar surface area (TPSA) is 133 Å². The second kappa shape index (κ2) is 8.77. The number of likely N-dealkylation sites (N-methyl/N-ethyl adjacent to an activating group) is 1. The third-order valence-corrected chi connectivity index (χ3v) is 6.92. The number of amides is 1. The fraction of sp³-hybridized carbons (Fsp3) is 0.750. The zero-order valence-corrected chi connectivity index (χ0v) is 21.2. The average Bonchev–Trinajstić information content (AvgIpc) is 3.11. The molecule has 35 heavy (non-hydrogen) atoms. The van der Waals surface area contributed by atoms with Crippen LogP contribution in [-0.2, 0) is 38.1 Å². The third-order valence-electron chi connectivity index (χ3n) is 6.92. The number of ether oxygens (including phenoxy) is 5. The molecule has 0 aromatic carbocycles. The molecule has 2 saturated heterocycles. The summed E-state index contributed by atoms with van der Waals surface area (Å²) < 4.78 is 28.4. The summed E-state index contributed by atoms with van der Waals surface area (Å²) in [5.74, 6) is -2.33. The van der Waals surface area contributed by atoms with Crippen LogP contribution in [0.4, 0.5) is 4.79 Å². The van der Waals surface area contributed by atoms with Gasteiger partial charge >= 0.3 is 24.0 Å². The number of rotatable bonds is 4. The first-order valence-corrected chi connectivity index (χ1v) is 11.8. The van der Waals surface area contributed by atoms with Gasteiger partial charge in [0, 0.05) is 12.3 Å². The highest BCUT2D eigenvalue weighted by Gasteiger charge is 2.65. The predicted molar refractivity (Wildman–Crippen MR) is 120 cm³/mol. The molecule has 194 valence electrons. The monoisotopic (exact) mass is 494 g/mol. The molecular formula is C24H34N2O9. The van der Waals surface area contributed by atoms with Gasteiger partial charge in [-0.2, -0.15) is 0 Å². The highest BCUT2D eigenvalue weighted by molar-refractivity contribution is 5.93. The molecule has 1 aliphatic carbocycles. The van der Waals surface area contributed by atoms with Crippen LogP contribution in [0.3, 0.4) is 0 Å². The lowest BCUT2D eigenvalue weighted by molar-refractivity contribution is -0.153. The Morgan fingerprint density at radius 2 is 1.91 bits per heavy atom. The first-order chi connectivity index (χ1) is 16.2. The molecular weight excluding hydrogens is 460 g/mol. The lowest BCUT2D eigenvalue weighted by Crippen LogP contribution is -2.50. The molecule has 4 rings (SSSR count). The SMILES string of the molecule is CC1C(=O)O[C@H]2C[C@]3(C)O[C@H]3[C@@H](OC(=O)CNC(=O)OC(C)(C)C)[C@@H](N(C)C)C3=C[C@@H](OC3=O)[C@H]12. The van der Waals surface area contributed by atoms with Gasteiger partial charge in [-0.1, -0.05) is 6.92 Å². The number of nitrogens with one attached hydrogen (secondary N) is 1. The normalized spacial score (nSPS) is 37.9. The molecule has 2 fully saturated rings. The van der Waals surface area contributed by atoms with Gasteiger partial charge in [-0.3, -0.25) is 14.5 Å². The number of carbonyl (C=O) groups excluding carboxylic acids is 4. The van der Waals surface area contributed by atoms with Crippen molar-refractivity contribution in [2.45, 2.75) is 82.7 Å². The van der Waals surface area contributed by atoms with Crippen molar-refractivity contribution in [2.75, 3.05) is 20.6 Å². The van der Waals surface area contributed by atoms with Crippen LogP contribution in [0.5, 0.6) is 0 Å². The second-order valence-electron chi connectivity index (χ2n) is 11.1. The van der Waals surface area contributed by atoms with E-state index in [4.69, 9.17) is 23.7 Å². The van der Waals surface area contributed by atoms with Gasteiger partial charge in [0.05, 0.1) is 23.1 Å². The van der Waals surface area contributed by atoms with Gasteiger partial charge in [0.25, 0.3) is 0 Å². The van der Waals surface area contributed by atoms with Crippen molar-refractivity contribution in [3.8, 4) is 0 Å². The van der Waals surface area contributed by atoms with E-state index in [2.05, 4.69) is 5.32 Å². The first kappa shape index (κ1) is 25.4. The quantitative estimate of drug-likeness (QED) is 0.342. The average molecular weight is 495 g/mol. The summed E-state index contributed by atoms with van der Waals surface area (Å²) in [6.07, 6.45) is -1.20. The Morgan fingerprint density at radius 1 is 1.23 bits per heavy atom. The van der Waals surface area contributed by atoms with Crippen LogP contribution < -0.4 is 5.32 Å². The number of nitrogens with zero attached hydrogens (tertiary/aromatic N) is 1. The smallest absolute Gasteiger partial charge is 0.408 e. The second-order valence-corrected chi connectivity index (χ2v) is 11.1. The summed E-state index contributed by atoms with van der Waals surface area (Å²) in [6.45, 7) is 8.38. The molecule has 1 amide bonds. The first-order valence-electron chi connectivity index (χ1n) is 11.8. The van der Waals surface area contributed by atoms with Crippen LogP contribution in [0.1, 0.15) is 41.0 Å². The van der Waals surface area contributed by atoms with Crippen molar-refractivity contribution in [1.82, 2.24) is 10.2 Å². The summed E-state index contributed by atoms with van der Waals surface area (Å²) in [5, 5.41) is 2.39. The lowest BCUT2D eigenvalue weighted by Gasteiger charge is -2.32. The number of carbonyl (C=O) groups is 4. The molecule has 11 heteroatoms. The maximum atomic E-state index is 13.0. The molecule has 1 unspecified atom stereocenters. The highest BCUT2D eigenvalue weighted by Crippen LogP contribution is 2.51. The van der Waals surface area contributed by atoms with E-state index in [0.717, 1.165) is 0 Å². The Bertz CT molecular complexity index is 955. The molecule has 4 aliphatic rings.